The molecule has 0 spiro atoms. The van der Waals surface area contributed by atoms with Crippen LogP contribution in [-0.2, 0) is 9.59 Å². The van der Waals surface area contributed by atoms with Gasteiger partial charge in [-0.15, -0.1) is 11.8 Å². The maximum absolute atomic E-state index is 12.3. The summed E-state index contributed by atoms with van der Waals surface area (Å²) in [6, 6.07) is 4.57. The van der Waals surface area contributed by atoms with Gasteiger partial charge in [-0.3, -0.25) is 24.1 Å². The van der Waals surface area contributed by atoms with Gasteiger partial charge in [-0.05, 0) is 37.0 Å². The minimum atomic E-state index is -0.408. The summed E-state index contributed by atoms with van der Waals surface area (Å²) in [4.78, 5) is 49.3. The number of nitrogens with one attached hydrogen (secondary N) is 2. The highest BCUT2D eigenvalue weighted by Crippen LogP contribution is 2.26. The van der Waals surface area contributed by atoms with Crippen LogP contribution in [0.15, 0.2) is 18.2 Å². The number of amides is 4. The van der Waals surface area contributed by atoms with E-state index >= 15 is 0 Å². The maximum atomic E-state index is 12.3. The van der Waals surface area contributed by atoms with Gasteiger partial charge in [-0.1, -0.05) is 18.0 Å². The molecule has 1 saturated carbocycles. The topological polar surface area (TPSA) is 95.6 Å². The zero-order valence-electron chi connectivity index (χ0n) is 15.3. The molecule has 150 valence electrons. The van der Waals surface area contributed by atoms with E-state index in [9.17, 15) is 19.2 Å². The van der Waals surface area contributed by atoms with Crippen molar-refractivity contribution < 1.29 is 19.2 Å². The van der Waals surface area contributed by atoms with Gasteiger partial charge in [0.25, 0.3) is 11.8 Å². The quantitative estimate of drug-likeness (QED) is 0.589. The second kappa shape index (κ2) is 9.43. The van der Waals surface area contributed by atoms with Gasteiger partial charge in [0.1, 0.15) is 0 Å². The molecule has 1 aliphatic heterocycles. The van der Waals surface area contributed by atoms with E-state index in [0.717, 1.165) is 11.4 Å². The molecule has 1 aliphatic carbocycles. The summed E-state index contributed by atoms with van der Waals surface area (Å²) in [6.45, 7) is 0.964. The van der Waals surface area contributed by atoms with E-state index in [1.807, 2.05) is 0 Å². The molecule has 0 bridgehead atoms. The third-order valence-corrected chi connectivity index (χ3v) is 6.04. The summed E-state index contributed by atoms with van der Waals surface area (Å²) in [5, 5.41) is 5.94. The first-order valence-corrected chi connectivity index (χ1v) is 10.8. The van der Waals surface area contributed by atoms with Crippen LogP contribution in [0.4, 0.5) is 0 Å². The van der Waals surface area contributed by atoms with Crippen LogP contribution < -0.4 is 10.6 Å². The van der Waals surface area contributed by atoms with Crippen molar-refractivity contribution in [3.63, 3.8) is 0 Å². The summed E-state index contributed by atoms with van der Waals surface area (Å²) >= 11 is 7.11. The van der Waals surface area contributed by atoms with Gasteiger partial charge in [0.05, 0.1) is 22.6 Å². The SMILES string of the molecule is O=C(CSCC(=O)NCC1CCC1)NCCN1C(=O)c2ccc(Cl)cc2C1=O. The van der Waals surface area contributed by atoms with Crippen molar-refractivity contribution in [3.05, 3.63) is 34.3 Å². The first-order chi connectivity index (χ1) is 13.5. The number of thioether (sulfide) groups is 1. The Morgan fingerprint density at radius 2 is 1.75 bits per heavy atom. The molecular formula is C19H22ClN3O4S. The van der Waals surface area contributed by atoms with E-state index in [4.69, 9.17) is 11.6 Å². The lowest BCUT2D eigenvalue weighted by Gasteiger charge is -2.25. The lowest BCUT2D eigenvalue weighted by atomic mass is 9.85. The summed E-state index contributed by atoms with van der Waals surface area (Å²) < 4.78 is 0. The predicted molar refractivity (Wildman–Crippen MR) is 108 cm³/mol. The summed E-state index contributed by atoms with van der Waals surface area (Å²) in [5.41, 5.74) is 0.608. The number of fused-ring (bicyclic) bond motifs is 1. The fraction of sp³-hybridized carbons (Fsp3) is 0.474. The minimum Gasteiger partial charge on any atom is -0.355 e. The van der Waals surface area contributed by atoms with Crippen LogP contribution in [0.1, 0.15) is 40.0 Å². The molecule has 9 heteroatoms. The van der Waals surface area contributed by atoms with Crippen LogP contribution in [0.25, 0.3) is 0 Å². The largest absolute Gasteiger partial charge is 0.355 e. The highest BCUT2D eigenvalue weighted by atomic mass is 35.5. The molecule has 0 atom stereocenters. The van der Waals surface area contributed by atoms with Crippen LogP contribution >= 0.6 is 23.4 Å². The Hall–Kier alpha value is -2.06. The zero-order valence-corrected chi connectivity index (χ0v) is 16.9. The van der Waals surface area contributed by atoms with E-state index < -0.39 is 5.91 Å². The van der Waals surface area contributed by atoms with Crippen molar-refractivity contribution in [2.75, 3.05) is 31.1 Å². The molecule has 0 radical (unpaired) electrons. The van der Waals surface area contributed by atoms with Crippen LogP contribution in [-0.4, -0.2) is 59.7 Å². The number of halogens is 1. The third kappa shape index (κ3) is 5.05. The summed E-state index contributed by atoms with van der Waals surface area (Å²) in [5.74, 6) is -0.104. The fourth-order valence-electron chi connectivity index (χ4n) is 3.07. The Labute approximate surface area is 172 Å². The van der Waals surface area contributed by atoms with Gasteiger partial charge in [0.15, 0.2) is 0 Å². The van der Waals surface area contributed by atoms with Crippen molar-refractivity contribution in [1.82, 2.24) is 15.5 Å². The summed E-state index contributed by atoms with van der Waals surface area (Å²) in [6.07, 6.45) is 3.59. The number of nitrogens with zero attached hydrogens (tertiary/aromatic N) is 1. The smallest absolute Gasteiger partial charge is 0.261 e. The van der Waals surface area contributed by atoms with Gasteiger partial charge >= 0.3 is 0 Å². The average molecular weight is 424 g/mol. The van der Waals surface area contributed by atoms with Gasteiger partial charge in [-0.25, -0.2) is 0 Å². The lowest BCUT2D eigenvalue weighted by molar-refractivity contribution is -0.119. The van der Waals surface area contributed by atoms with Crippen LogP contribution in [0.2, 0.25) is 5.02 Å². The Morgan fingerprint density at radius 3 is 2.43 bits per heavy atom. The first-order valence-electron chi connectivity index (χ1n) is 9.22. The number of carbonyl (C=O) groups excluding carboxylic acids is 4. The number of carbonyl (C=O) groups is 4. The average Bonchev–Trinajstić information content (AvgIpc) is 2.84. The van der Waals surface area contributed by atoms with Gasteiger partial charge in [0, 0.05) is 24.7 Å². The molecule has 0 aromatic heterocycles. The summed E-state index contributed by atoms with van der Waals surface area (Å²) in [7, 11) is 0. The first kappa shape index (κ1) is 20.7. The molecule has 2 N–H and O–H groups in total. The minimum absolute atomic E-state index is 0.0608. The number of benzene rings is 1. The van der Waals surface area contributed by atoms with Crippen LogP contribution in [0.3, 0.4) is 0 Å². The number of rotatable bonds is 9. The van der Waals surface area contributed by atoms with Gasteiger partial charge < -0.3 is 10.6 Å². The molecule has 1 heterocycles. The van der Waals surface area contributed by atoms with Crippen LogP contribution in [0, 0.1) is 5.92 Å². The van der Waals surface area contributed by atoms with E-state index in [1.165, 1.54) is 43.2 Å². The normalized spacial score (nSPS) is 16.0. The molecule has 0 saturated heterocycles. The van der Waals surface area contributed by atoms with E-state index in [2.05, 4.69) is 10.6 Å². The molecule has 1 aromatic rings. The second-order valence-corrected chi connectivity index (χ2v) is 8.32. The number of hydrogen-bond donors (Lipinski definition) is 2. The monoisotopic (exact) mass is 423 g/mol. The molecule has 2 aliphatic rings. The van der Waals surface area contributed by atoms with E-state index in [0.29, 0.717) is 16.5 Å². The Bertz CT molecular complexity index is 797. The second-order valence-electron chi connectivity index (χ2n) is 6.90. The van der Waals surface area contributed by atoms with E-state index in [-0.39, 0.29) is 47.9 Å². The Morgan fingerprint density at radius 1 is 1.07 bits per heavy atom. The lowest BCUT2D eigenvalue weighted by Crippen LogP contribution is -2.38. The third-order valence-electron chi connectivity index (χ3n) is 4.87. The van der Waals surface area contributed by atoms with Crippen molar-refractivity contribution in [1.29, 1.82) is 0 Å². The van der Waals surface area contributed by atoms with E-state index in [1.54, 1.807) is 6.07 Å². The number of imide groups is 1. The Balaban J connectivity index is 1.32. The fourth-order valence-corrected chi connectivity index (χ4v) is 3.92. The van der Waals surface area contributed by atoms with Crippen LogP contribution in [0.5, 0.6) is 0 Å². The van der Waals surface area contributed by atoms with Gasteiger partial charge in [0.2, 0.25) is 11.8 Å². The van der Waals surface area contributed by atoms with Crippen molar-refractivity contribution in [2.45, 2.75) is 19.3 Å². The molecular weight excluding hydrogens is 402 g/mol. The number of hydrogen-bond acceptors (Lipinski definition) is 5. The Kier molecular flexibility index (Phi) is 6.96. The molecule has 1 aromatic carbocycles. The van der Waals surface area contributed by atoms with Crippen molar-refractivity contribution in [3.8, 4) is 0 Å². The molecule has 3 rings (SSSR count). The molecule has 1 fully saturated rings. The molecule has 7 nitrogen and oxygen atoms in total. The maximum Gasteiger partial charge on any atom is 0.261 e. The highest BCUT2D eigenvalue weighted by Gasteiger charge is 2.35. The zero-order chi connectivity index (χ0) is 20.1. The molecule has 28 heavy (non-hydrogen) atoms. The predicted octanol–water partition coefficient (Wildman–Crippen LogP) is 1.70. The molecule has 4 amide bonds. The van der Waals surface area contributed by atoms with Crippen molar-refractivity contribution in [2.24, 2.45) is 5.92 Å². The highest BCUT2D eigenvalue weighted by molar-refractivity contribution is 8.00. The standard InChI is InChI=1S/C19H22ClN3O4S/c20-13-4-5-14-15(8-13)19(27)23(18(14)26)7-6-21-16(24)10-28-11-17(25)22-9-12-2-1-3-12/h4-5,8,12H,1-3,6-7,9-11H2,(H,21,24)(H,22,25). The van der Waals surface area contributed by atoms with Gasteiger partial charge in [-0.2, -0.15) is 0 Å². The molecule has 0 unspecified atom stereocenters. The van der Waals surface area contributed by atoms with Crippen molar-refractivity contribution >= 4 is 47.0 Å².